The van der Waals surface area contributed by atoms with Gasteiger partial charge in [0.05, 0.1) is 12.2 Å². The van der Waals surface area contributed by atoms with Gasteiger partial charge in [-0.1, -0.05) is 27.7 Å². The molecule has 0 atom stereocenters. The third kappa shape index (κ3) is 3.24. The van der Waals surface area contributed by atoms with E-state index in [2.05, 4.69) is 0 Å². The zero-order valence-electron chi connectivity index (χ0n) is 8.39. The smallest absolute Gasteiger partial charge is 0.0580 e. The number of hydrogen-bond acceptors (Lipinski definition) is 1. The Hall–Kier alpha value is -0.0400. The highest BCUT2D eigenvalue weighted by atomic mass is 16.5. The Morgan fingerprint density at radius 2 is 1.00 bits per heavy atom. The summed E-state index contributed by atoms with van der Waals surface area (Å²) in [6, 6.07) is 0. The van der Waals surface area contributed by atoms with Crippen LogP contribution >= 0.6 is 0 Å². The summed E-state index contributed by atoms with van der Waals surface area (Å²) in [5, 5.41) is 0. The molecule has 2 rings (SSSR count). The molecule has 2 bridgehead atoms. The molecule has 0 aliphatic carbocycles. The fourth-order valence-electron chi connectivity index (χ4n) is 1.58. The minimum absolute atomic E-state index is 0.671. The van der Waals surface area contributed by atoms with E-state index < -0.39 is 0 Å². The van der Waals surface area contributed by atoms with Crippen molar-refractivity contribution in [2.75, 3.05) is 0 Å². The van der Waals surface area contributed by atoms with E-state index >= 15 is 0 Å². The van der Waals surface area contributed by atoms with E-state index in [1.165, 1.54) is 25.7 Å². The number of fused-ring (bicyclic) bond motifs is 2. The molecule has 2 heterocycles. The Labute approximate surface area is 71.1 Å². The van der Waals surface area contributed by atoms with Crippen molar-refractivity contribution in [1.29, 1.82) is 0 Å². The highest BCUT2D eigenvalue weighted by Crippen LogP contribution is 2.33. The maximum Gasteiger partial charge on any atom is 0.0580 e. The molecule has 0 saturated carbocycles. The molecule has 68 valence electrons. The van der Waals surface area contributed by atoms with Gasteiger partial charge >= 0.3 is 0 Å². The second-order valence-electron chi connectivity index (χ2n) is 2.53. The van der Waals surface area contributed by atoms with Crippen LogP contribution in [0.2, 0.25) is 0 Å². The van der Waals surface area contributed by atoms with Gasteiger partial charge in [0.1, 0.15) is 0 Å². The van der Waals surface area contributed by atoms with Crippen LogP contribution in [0.25, 0.3) is 0 Å². The van der Waals surface area contributed by atoms with E-state index in [1.807, 2.05) is 27.7 Å². The molecule has 2 saturated heterocycles. The van der Waals surface area contributed by atoms with Gasteiger partial charge in [0.2, 0.25) is 0 Å². The van der Waals surface area contributed by atoms with Crippen molar-refractivity contribution in [3.63, 3.8) is 0 Å². The van der Waals surface area contributed by atoms with E-state index in [0.717, 1.165) is 0 Å². The van der Waals surface area contributed by atoms with Gasteiger partial charge in [-0.3, -0.25) is 0 Å². The predicted octanol–water partition coefficient (Wildman–Crippen LogP) is 3.38. The lowest BCUT2D eigenvalue weighted by Gasteiger charge is -2.00. The van der Waals surface area contributed by atoms with E-state index in [1.54, 1.807) is 0 Å². The van der Waals surface area contributed by atoms with E-state index in [0.29, 0.717) is 12.2 Å². The summed E-state index contributed by atoms with van der Waals surface area (Å²) >= 11 is 0. The molecule has 2 aliphatic heterocycles. The molecule has 2 fully saturated rings. The Balaban J connectivity index is 0.000000222. The van der Waals surface area contributed by atoms with Crippen LogP contribution < -0.4 is 0 Å². The van der Waals surface area contributed by atoms with Crippen molar-refractivity contribution in [3.05, 3.63) is 0 Å². The quantitative estimate of drug-likeness (QED) is 0.525. The van der Waals surface area contributed by atoms with Gasteiger partial charge in [-0.05, 0) is 25.7 Å². The van der Waals surface area contributed by atoms with Gasteiger partial charge in [-0.2, -0.15) is 0 Å². The van der Waals surface area contributed by atoms with Crippen LogP contribution in [0.5, 0.6) is 0 Å². The molecule has 2 aliphatic rings. The second kappa shape index (κ2) is 6.66. The average Bonchev–Trinajstić information content (AvgIpc) is 2.74. The summed E-state index contributed by atoms with van der Waals surface area (Å²) in [5.74, 6) is 0. The lowest BCUT2D eigenvalue weighted by atomic mass is 10.0. The lowest BCUT2D eigenvalue weighted by Crippen LogP contribution is -1.98. The van der Waals surface area contributed by atoms with Crippen LogP contribution in [0.1, 0.15) is 53.4 Å². The molecule has 1 heteroatoms. The highest BCUT2D eigenvalue weighted by molar-refractivity contribution is 4.81. The maximum atomic E-state index is 5.47. The molecule has 0 spiro atoms. The zero-order valence-corrected chi connectivity index (χ0v) is 8.39. The van der Waals surface area contributed by atoms with E-state index in [9.17, 15) is 0 Å². The Kier molecular flexibility index (Phi) is 6.63. The zero-order chi connectivity index (χ0) is 8.69. The first-order chi connectivity index (χ1) is 5.45. The Bertz CT molecular complexity index is 62.9. The fourth-order valence-corrected chi connectivity index (χ4v) is 1.58. The summed E-state index contributed by atoms with van der Waals surface area (Å²) in [7, 11) is 0. The molecule has 0 unspecified atom stereocenters. The first kappa shape index (κ1) is 11.0. The van der Waals surface area contributed by atoms with Gasteiger partial charge in [-0.25, -0.2) is 0 Å². The largest absolute Gasteiger partial charge is 0.375 e. The summed E-state index contributed by atoms with van der Waals surface area (Å²) < 4.78 is 5.47. The summed E-state index contributed by atoms with van der Waals surface area (Å²) in [6.07, 6.45) is 6.69. The van der Waals surface area contributed by atoms with Crippen molar-refractivity contribution in [2.24, 2.45) is 0 Å². The van der Waals surface area contributed by atoms with Crippen molar-refractivity contribution < 1.29 is 4.74 Å². The fraction of sp³-hybridized carbons (Fsp3) is 1.00. The first-order valence-corrected chi connectivity index (χ1v) is 5.10. The van der Waals surface area contributed by atoms with Crippen molar-refractivity contribution in [1.82, 2.24) is 0 Å². The molecular weight excluding hydrogens is 136 g/mol. The molecule has 0 aromatic carbocycles. The highest BCUT2D eigenvalue weighted by Gasteiger charge is 2.31. The molecule has 0 aromatic rings. The lowest BCUT2D eigenvalue weighted by molar-refractivity contribution is 0.105. The van der Waals surface area contributed by atoms with Crippen LogP contribution in [0.3, 0.4) is 0 Å². The van der Waals surface area contributed by atoms with Gasteiger partial charge < -0.3 is 4.74 Å². The summed E-state index contributed by atoms with van der Waals surface area (Å²) in [4.78, 5) is 0. The average molecular weight is 158 g/mol. The Morgan fingerprint density at radius 1 is 0.727 bits per heavy atom. The van der Waals surface area contributed by atoms with Crippen molar-refractivity contribution in [3.8, 4) is 0 Å². The summed E-state index contributed by atoms with van der Waals surface area (Å²) in [6.45, 7) is 8.00. The summed E-state index contributed by atoms with van der Waals surface area (Å²) in [5.41, 5.74) is 0. The monoisotopic (exact) mass is 158 g/mol. The van der Waals surface area contributed by atoms with Crippen LogP contribution in [0.15, 0.2) is 0 Å². The SMILES string of the molecule is C1CC2CCC1O2.CC.CC. The van der Waals surface area contributed by atoms with Crippen molar-refractivity contribution >= 4 is 0 Å². The van der Waals surface area contributed by atoms with E-state index in [4.69, 9.17) is 4.74 Å². The topological polar surface area (TPSA) is 9.23 Å². The normalized spacial score (nSPS) is 31.6. The van der Waals surface area contributed by atoms with Crippen LogP contribution in [-0.2, 0) is 4.74 Å². The first-order valence-electron chi connectivity index (χ1n) is 5.10. The van der Waals surface area contributed by atoms with Gasteiger partial charge in [-0.15, -0.1) is 0 Å². The van der Waals surface area contributed by atoms with Crippen LogP contribution in [0.4, 0.5) is 0 Å². The Morgan fingerprint density at radius 3 is 1.09 bits per heavy atom. The molecule has 0 aromatic heterocycles. The molecule has 0 radical (unpaired) electrons. The van der Waals surface area contributed by atoms with Gasteiger partial charge in [0.15, 0.2) is 0 Å². The van der Waals surface area contributed by atoms with Crippen LogP contribution in [-0.4, -0.2) is 12.2 Å². The third-order valence-electron chi connectivity index (χ3n) is 2.01. The van der Waals surface area contributed by atoms with Gasteiger partial charge in [0, 0.05) is 0 Å². The molecule has 11 heavy (non-hydrogen) atoms. The van der Waals surface area contributed by atoms with Crippen LogP contribution in [0, 0.1) is 0 Å². The minimum Gasteiger partial charge on any atom is -0.375 e. The maximum absolute atomic E-state index is 5.47. The number of ether oxygens (including phenoxy) is 1. The molecule has 0 amide bonds. The predicted molar refractivity (Wildman–Crippen MR) is 49.8 cm³/mol. The minimum atomic E-state index is 0.671. The molecule has 1 nitrogen and oxygen atoms in total. The van der Waals surface area contributed by atoms with E-state index in [-0.39, 0.29) is 0 Å². The second-order valence-corrected chi connectivity index (χ2v) is 2.53. The molecular formula is C10H22O. The standard InChI is InChI=1S/C6H10O.2C2H6/c1-2-6-4-3-5(1)7-6;2*1-2/h5-6H,1-4H2;2*1-2H3. The molecule has 0 N–H and O–H groups in total. The number of hydrogen-bond donors (Lipinski definition) is 0. The van der Waals surface area contributed by atoms with Gasteiger partial charge in [0.25, 0.3) is 0 Å². The third-order valence-corrected chi connectivity index (χ3v) is 2.01. The number of rotatable bonds is 0. The van der Waals surface area contributed by atoms with Crippen molar-refractivity contribution in [2.45, 2.75) is 65.6 Å².